The molecule has 0 aliphatic carbocycles. The predicted molar refractivity (Wildman–Crippen MR) is 107 cm³/mol. The van der Waals surface area contributed by atoms with Gasteiger partial charge < -0.3 is 14.7 Å². The lowest BCUT2D eigenvalue weighted by Gasteiger charge is -2.51. The number of nitrogens with zero attached hydrogens (tertiary/aromatic N) is 5. The van der Waals surface area contributed by atoms with Gasteiger partial charge in [0, 0.05) is 57.2 Å². The first-order valence-corrected chi connectivity index (χ1v) is 10.7. The summed E-state index contributed by atoms with van der Waals surface area (Å²) in [6, 6.07) is 4.13. The summed E-state index contributed by atoms with van der Waals surface area (Å²) in [4.78, 5) is 21.6. The van der Waals surface area contributed by atoms with E-state index in [1.54, 1.807) is 16.8 Å². The lowest BCUT2D eigenvalue weighted by molar-refractivity contribution is -0.0695. The largest absolute Gasteiger partial charge is 0.392 e. The Morgan fingerprint density at radius 2 is 2.03 bits per heavy atom. The van der Waals surface area contributed by atoms with Crippen LogP contribution in [0.1, 0.15) is 42.5 Å². The molecule has 3 fully saturated rings. The van der Waals surface area contributed by atoms with E-state index in [1.165, 1.54) is 6.33 Å². The summed E-state index contributed by atoms with van der Waals surface area (Å²) in [6.45, 7) is 4.93. The van der Waals surface area contributed by atoms with Crippen molar-refractivity contribution in [1.82, 2.24) is 24.4 Å². The molecule has 1 unspecified atom stereocenters. The predicted octanol–water partition coefficient (Wildman–Crippen LogP) is 1.20. The molecule has 1 amide bonds. The first kappa shape index (κ1) is 19.0. The van der Waals surface area contributed by atoms with Crippen LogP contribution in [0.25, 0.3) is 5.65 Å². The highest BCUT2D eigenvalue weighted by Crippen LogP contribution is 2.41. The van der Waals surface area contributed by atoms with Crippen LogP contribution < -0.4 is 0 Å². The number of piperidine rings is 2. The summed E-state index contributed by atoms with van der Waals surface area (Å²) in [6.07, 6.45) is 7.85. The minimum Gasteiger partial charge on any atom is -0.392 e. The molecule has 5 rings (SSSR count). The number of hydrogen-bond acceptors (Lipinski definition) is 6. The summed E-state index contributed by atoms with van der Waals surface area (Å²) >= 11 is 0. The minimum atomic E-state index is -0.274. The number of aromatic nitrogens is 3. The van der Waals surface area contributed by atoms with Crippen molar-refractivity contribution in [3.8, 4) is 0 Å². The van der Waals surface area contributed by atoms with Crippen molar-refractivity contribution in [3.05, 3.63) is 30.2 Å². The fourth-order valence-electron chi connectivity index (χ4n) is 5.40. The molecule has 29 heavy (non-hydrogen) atoms. The number of likely N-dealkylation sites (tertiary alicyclic amines) is 2. The molecule has 0 bridgehead atoms. The van der Waals surface area contributed by atoms with Crippen molar-refractivity contribution < 1.29 is 14.6 Å². The minimum absolute atomic E-state index is 0.0583. The Morgan fingerprint density at radius 3 is 2.83 bits per heavy atom. The molecule has 2 aromatic heterocycles. The fraction of sp³-hybridized carbons (Fsp3) is 0.667. The molecule has 0 radical (unpaired) electrons. The van der Waals surface area contributed by atoms with Crippen LogP contribution in [0.2, 0.25) is 0 Å². The van der Waals surface area contributed by atoms with Gasteiger partial charge in [-0.3, -0.25) is 9.69 Å². The van der Waals surface area contributed by atoms with E-state index in [2.05, 4.69) is 15.0 Å². The molecule has 0 aromatic carbocycles. The van der Waals surface area contributed by atoms with Gasteiger partial charge in [0.25, 0.3) is 5.91 Å². The average Bonchev–Trinajstić information content (AvgIpc) is 3.22. The summed E-state index contributed by atoms with van der Waals surface area (Å²) in [5.41, 5.74) is 1.46. The second-order valence-corrected chi connectivity index (χ2v) is 8.90. The van der Waals surface area contributed by atoms with Crippen molar-refractivity contribution in [1.29, 1.82) is 0 Å². The second kappa shape index (κ2) is 7.66. The molecule has 8 nitrogen and oxygen atoms in total. The van der Waals surface area contributed by atoms with E-state index in [9.17, 15) is 9.90 Å². The third-order valence-corrected chi connectivity index (χ3v) is 7.00. The van der Waals surface area contributed by atoms with E-state index < -0.39 is 0 Å². The molecule has 3 aliphatic rings. The van der Waals surface area contributed by atoms with Crippen LogP contribution >= 0.6 is 0 Å². The van der Waals surface area contributed by atoms with Gasteiger partial charge in [-0.15, -0.1) is 0 Å². The second-order valence-electron chi connectivity index (χ2n) is 8.90. The molecule has 156 valence electrons. The normalized spacial score (nSPS) is 26.2. The quantitative estimate of drug-likeness (QED) is 0.817. The van der Waals surface area contributed by atoms with Gasteiger partial charge in [-0.25, -0.2) is 9.50 Å². The number of carbonyl (C=O) groups is 1. The SMILES string of the molecule is O=C(c1ccn2ncnc2c1)N1CCC2(CC1)CC(O)CN(C1CCOCC1)C2. The monoisotopic (exact) mass is 399 g/mol. The van der Waals surface area contributed by atoms with Gasteiger partial charge in [-0.1, -0.05) is 0 Å². The van der Waals surface area contributed by atoms with Gasteiger partial charge in [0.1, 0.15) is 6.33 Å². The van der Waals surface area contributed by atoms with Crippen LogP contribution in [0, 0.1) is 5.41 Å². The Morgan fingerprint density at radius 1 is 1.24 bits per heavy atom. The zero-order chi connectivity index (χ0) is 19.8. The highest BCUT2D eigenvalue weighted by molar-refractivity contribution is 5.95. The van der Waals surface area contributed by atoms with E-state index >= 15 is 0 Å². The number of ether oxygens (including phenoxy) is 1. The highest BCUT2D eigenvalue weighted by atomic mass is 16.5. The molecule has 0 saturated carbocycles. The molecular formula is C21H29N5O3. The van der Waals surface area contributed by atoms with Crippen LogP contribution in [-0.4, -0.2) is 87.0 Å². The van der Waals surface area contributed by atoms with Crippen LogP contribution in [0.15, 0.2) is 24.7 Å². The van der Waals surface area contributed by atoms with E-state index in [-0.39, 0.29) is 17.4 Å². The third kappa shape index (κ3) is 3.76. The third-order valence-electron chi connectivity index (χ3n) is 7.00. The number of β-amino-alcohol motifs (C(OH)–C–C–N with tert-alkyl or cyclic N) is 1. The number of carbonyl (C=O) groups excluding carboxylic acids is 1. The first-order chi connectivity index (χ1) is 14.1. The van der Waals surface area contributed by atoms with Gasteiger partial charge in [0.15, 0.2) is 5.65 Å². The van der Waals surface area contributed by atoms with Crippen molar-refractivity contribution in [2.45, 2.75) is 44.2 Å². The van der Waals surface area contributed by atoms with Gasteiger partial charge in [-0.2, -0.15) is 5.10 Å². The van der Waals surface area contributed by atoms with E-state index in [1.807, 2.05) is 11.0 Å². The van der Waals surface area contributed by atoms with Gasteiger partial charge in [-0.05, 0) is 49.7 Å². The molecule has 5 heterocycles. The Kier molecular flexibility index (Phi) is 5.01. The van der Waals surface area contributed by atoms with E-state index in [0.717, 1.165) is 71.5 Å². The lowest BCUT2D eigenvalue weighted by atomic mass is 9.71. The molecular weight excluding hydrogens is 370 g/mol. The standard InChI is InChI=1S/C21H29N5O3/c27-18-12-21(14-25(13-18)17-2-9-29-10-3-17)4-7-24(8-5-21)20(28)16-1-6-26-19(11-16)22-15-23-26/h1,6,11,15,17-18,27H,2-5,7-10,12-14H2. The summed E-state index contributed by atoms with van der Waals surface area (Å²) < 4.78 is 7.18. The Hall–Kier alpha value is -2.03. The zero-order valence-corrected chi connectivity index (χ0v) is 16.7. The van der Waals surface area contributed by atoms with Crippen molar-refractivity contribution in [3.63, 3.8) is 0 Å². The molecule has 8 heteroatoms. The molecule has 2 aromatic rings. The van der Waals surface area contributed by atoms with Crippen LogP contribution in [-0.2, 0) is 4.74 Å². The number of aliphatic hydroxyl groups excluding tert-OH is 1. The maximum atomic E-state index is 13.0. The molecule has 1 spiro atoms. The number of aliphatic hydroxyl groups is 1. The summed E-state index contributed by atoms with van der Waals surface area (Å²) in [5.74, 6) is 0.0583. The molecule has 3 saturated heterocycles. The van der Waals surface area contributed by atoms with Crippen molar-refractivity contribution in [2.75, 3.05) is 39.4 Å². The highest BCUT2D eigenvalue weighted by Gasteiger charge is 2.43. The number of rotatable bonds is 2. The topological polar surface area (TPSA) is 83.2 Å². The number of fused-ring (bicyclic) bond motifs is 1. The number of hydrogen-bond donors (Lipinski definition) is 1. The molecule has 3 aliphatic heterocycles. The van der Waals surface area contributed by atoms with E-state index in [4.69, 9.17) is 4.74 Å². The Bertz CT molecular complexity index is 870. The van der Waals surface area contributed by atoms with Gasteiger partial charge >= 0.3 is 0 Å². The Labute approximate surface area is 170 Å². The zero-order valence-electron chi connectivity index (χ0n) is 16.7. The molecule has 1 N–H and O–H groups in total. The maximum Gasteiger partial charge on any atom is 0.254 e. The number of pyridine rings is 1. The summed E-state index contributed by atoms with van der Waals surface area (Å²) in [7, 11) is 0. The first-order valence-electron chi connectivity index (χ1n) is 10.7. The van der Waals surface area contributed by atoms with Crippen LogP contribution in [0.4, 0.5) is 0 Å². The Balaban J connectivity index is 1.25. The number of amides is 1. The van der Waals surface area contributed by atoms with E-state index in [0.29, 0.717) is 17.3 Å². The smallest absolute Gasteiger partial charge is 0.254 e. The maximum absolute atomic E-state index is 13.0. The van der Waals surface area contributed by atoms with Gasteiger partial charge in [0.05, 0.1) is 6.10 Å². The van der Waals surface area contributed by atoms with Crippen LogP contribution in [0.5, 0.6) is 0 Å². The molecule has 1 atom stereocenters. The van der Waals surface area contributed by atoms with Crippen molar-refractivity contribution in [2.24, 2.45) is 5.41 Å². The van der Waals surface area contributed by atoms with Gasteiger partial charge in [0.2, 0.25) is 0 Å². The van der Waals surface area contributed by atoms with Crippen molar-refractivity contribution >= 4 is 11.6 Å². The summed E-state index contributed by atoms with van der Waals surface area (Å²) in [5, 5.41) is 14.7. The average molecular weight is 399 g/mol. The van der Waals surface area contributed by atoms with Crippen LogP contribution in [0.3, 0.4) is 0 Å². The fourth-order valence-corrected chi connectivity index (χ4v) is 5.40. The lowest BCUT2D eigenvalue weighted by Crippen LogP contribution is -2.57.